The normalized spacial score (nSPS) is 14.1. The number of rotatable bonds is 6. The summed E-state index contributed by atoms with van der Waals surface area (Å²) in [6, 6.07) is 1.32. The molecule has 0 aliphatic heterocycles. The van der Waals surface area contributed by atoms with Crippen molar-refractivity contribution >= 4 is 8.24 Å². The highest BCUT2D eigenvalue weighted by Crippen LogP contribution is 2.45. The minimum Gasteiger partial charge on any atom is -0.318 e. The van der Waals surface area contributed by atoms with Gasteiger partial charge in [0.05, 0.1) is 0 Å². The van der Waals surface area contributed by atoms with Crippen molar-refractivity contribution in [3.05, 3.63) is 0 Å². The second-order valence-electron chi connectivity index (χ2n) is 6.95. The molecule has 0 spiro atoms. The van der Waals surface area contributed by atoms with Crippen molar-refractivity contribution < 1.29 is 0 Å². The summed E-state index contributed by atoms with van der Waals surface area (Å²) in [6.07, 6.45) is 0. The highest BCUT2D eigenvalue weighted by Gasteiger charge is 2.49. The van der Waals surface area contributed by atoms with E-state index >= 15 is 0 Å². The van der Waals surface area contributed by atoms with E-state index in [4.69, 9.17) is 0 Å². The van der Waals surface area contributed by atoms with E-state index in [1.165, 1.54) is 0 Å². The van der Waals surface area contributed by atoms with Crippen molar-refractivity contribution in [2.45, 2.75) is 97.9 Å². The fourth-order valence-corrected chi connectivity index (χ4v) is 12.0. The first-order chi connectivity index (χ1) is 7.59. The fourth-order valence-electron chi connectivity index (χ4n) is 4.39. The smallest absolute Gasteiger partial charge is 0.136 e. The van der Waals surface area contributed by atoms with Crippen LogP contribution in [0.1, 0.15) is 69.2 Å². The average molecular weight is 258 g/mol. The van der Waals surface area contributed by atoms with Gasteiger partial charge in [-0.25, -0.2) is 0 Å². The monoisotopic (exact) mass is 257 g/mol. The Hall–Kier alpha value is 0.177. The molecule has 0 rings (SSSR count). The van der Waals surface area contributed by atoms with E-state index in [0.29, 0.717) is 12.1 Å². The highest BCUT2D eigenvalue weighted by molar-refractivity contribution is 6.81. The molecule has 17 heavy (non-hydrogen) atoms. The van der Waals surface area contributed by atoms with Gasteiger partial charge in [-0.1, -0.05) is 69.2 Å². The number of hydrogen-bond donors (Lipinski definition) is 0. The van der Waals surface area contributed by atoms with Crippen molar-refractivity contribution in [2.75, 3.05) is 0 Å². The lowest BCUT2D eigenvalue weighted by molar-refractivity contribution is 0.274. The molecule has 0 heterocycles. The Bertz CT molecular complexity index is 189. The van der Waals surface area contributed by atoms with E-state index in [0.717, 1.165) is 16.6 Å². The summed E-state index contributed by atoms with van der Waals surface area (Å²) in [5, 5.41) is 0. The summed E-state index contributed by atoms with van der Waals surface area (Å²) in [5.74, 6) is 0. The van der Waals surface area contributed by atoms with Gasteiger partial charge in [-0.3, -0.25) is 0 Å². The topological polar surface area (TPSA) is 3.24 Å². The van der Waals surface area contributed by atoms with Crippen LogP contribution in [0.3, 0.4) is 0 Å². The van der Waals surface area contributed by atoms with Crippen molar-refractivity contribution in [1.29, 1.82) is 0 Å². The molecular formula is C15H35NSi. The van der Waals surface area contributed by atoms with E-state index in [1.54, 1.807) is 0 Å². The molecule has 0 radical (unpaired) electrons. The summed E-state index contributed by atoms with van der Waals surface area (Å²) >= 11 is 0. The van der Waals surface area contributed by atoms with E-state index in [9.17, 15) is 0 Å². The van der Waals surface area contributed by atoms with Gasteiger partial charge in [0.25, 0.3) is 0 Å². The van der Waals surface area contributed by atoms with E-state index in [1.807, 2.05) is 0 Å². The molecule has 0 aliphatic rings. The predicted octanol–water partition coefficient (Wildman–Crippen LogP) is 5.28. The van der Waals surface area contributed by atoms with Crippen LogP contribution in [0.4, 0.5) is 0 Å². The van der Waals surface area contributed by atoms with Crippen LogP contribution in [-0.4, -0.2) is 24.9 Å². The molecule has 0 saturated heterocycles. The Balaban J connectivity index is 5.70. The molecule has 0 aromatic rings. The van der Waals surface area contributed by atoms with Gasteiger partial charge in [-0.2, -0.15) is 0 Å². The molecule has 0 bridgehead atoms. The molecule has 1 nitrogen and oxygen atoms in total. The minimum atomic E-state index is -1.45. The maximum atomic E-state index is 2.88. The number of nitrogens with zero attached hydrogens (tertiary/aromatic N) is 1. The molecule has 0 aromatic carbocycles. The third-order valence-corrected chi connectivity index (χ3v) is 11.8. The van der Waals surface area contributed by atoms with Crippen LogP contribution in [0.5, 0.6) is 0 Å². The van der Waals surface area contributed by atoms with Gasteiger partial charge in [0.1, 0.15) is 8.24 Å². The zero-order valence-electron chi connectivity index (χ0n) is 13.8. The average Bonchev–Trinajstić information content (AvgIpc) is 2.09. The summed E-state index contributed by atoms with van der Waals surface area (Å²) in [4.78, 5) is 0. The first-order valence-corrected chi connectivity index (χ1v) is 9.56. The molecule has 0 fully saturated rings. The van der Waals surface area contributed by atoms with Gasteiger partial charge in [0.15, 0.2) is 0 Å². The maximum Gasteiger partial charge on any atom is 0.136 e. The fraction of sp³-hybridized carbons (Fsp3) is 1.00. The van der Waals surface area contributed by atoms with Gasteiger partial charge in [-0.15, -0.1) is 0 Å². The molecule has 0 amide bonds. The van der Waals surface area contributed by atoms with E-state index < -0.39 is 8.24 Å². The molecule has 2 heteroatoms. The van der Waals surface area contributed by atoms with Crippen LogP contribution in [-0.2, 0) is 0 Å². The maximum absolute atomic E-state index is 2.88. The molecule has 0 aromatic heterocycles. The lowest BCUT2D eigenvalue weighted by Crippen LogP contribution is -2.64. The molecule has 0 atom stereocenters. The second-order valence-corrected chi connectivity index (χ2v) is 12.7. The Kier molecular flexibility index (Phi) is 6.44. The van der Waals surface area contributed by atoms with Crippen LogP contribution >= 0.6 is 0 Å². The predicted molar refractivity (Wildman–Crippen MR) is 83.2 cm³/mol. The largest absolute Gasteiger partial charge is 0.318 e. The molecule has 0 unspecified atom stereocenters. The quantitative estimate of drug-likeness (QED) is 0.585. The highest BCUT2D eigenvalue weighted by atomic mass is 28.3. The summed E-state index contributed by atoms with van der Waals surface area (Å²) in [5.41, 5.74) is 2.44. The third-order valence-electron chi connectivity index (χ3n) is 4.33. The zero-order chi connectivity index (χ0) is 14.0. The van der Waals surface area contributed by atoms with Crippen LogP contribution in [0.25, 0.3) is 0 Å². The van der Waals surface area contributed by atoms with Crippen LogP contribution in [0, 0.1) is 0 Å². The first kappa shape index (κ1) is 17.2. The minimum absolute atomic E-state index is 0.661. The Morgan fingerprint density at radius 1 is 0.529 bits per heavy atom. The van der Waals surface area contributed by atoms with Crippen molar-refractivity contribution in [3.63, 3.8) is 0 Å². The van der Waals surface area contributed by atoms with Crippen molar-refractivity contribution in [3.8, 4) is 0 Å². The Morgan fingerprint density at radius 2 is 0.765 bits per heavy atom. The Labute approximate surface area is 111 Å². The van der Waals surface area contributed by atoms with Crippen molar-refractivity contribution in [1.82, 2.24) is 4.57 Å². The van der Waals surface area contributed by atoms with Gasteiger partial charge in [0.2, 0.25) is 0 Å². The summed E-state index contributed by atoms with van der Waals surface area (Å²) in [6.45, 7) is 24.2. The van der Waals surface area contributed by atoms with Gasteiger partial charge in [-0.05, 0) is 28.7 Å². The van der Waals surface area contributed by atoms with Gasteiger partial charge in [0, 0.05) is 0 Å². The second kappa shape index (κ2) is 6.37. The standard InChI is InChI=1S/C15H35NSi/c1-11(2)16(12(3)4)17(13(5)6,14(7)8)15(9)10/h11-15H,1-10H3. The summed E-state index contributed by atoms with van der Waals surface area (Å²) < 4.78 is 2.88. The van der Waals surface area contributed by atoms with Crippen LogP contribution < -0.4 is 0 Å². The summed E-state index contributed by atoms with van der Waals surface area (Å²) in [7, 11) is -1.45. The van der Waals surface area contributed by atoms with E-state index in [2.05, 4.69) is 73.8 Å². The number of hydrogen-bond acceptors (Lipinski definition) is 1. The first-order valence-electron chi connectivity index (χ1n) is 7.38. The Morgan fingerprint density at radius 3 is 0.824 bits per heavy atom. The molecule has 0 aliphatic carbocycles. The van der Waals surface area contributed by atoms with Crippen LogP contribution in [0.2, 0.25) is 16.6 Å². The molecule has 104 valence electrons. The third kappa shape index (κ3) is 3.14. The molecule has 0 saturated carbocycles. The van der Waals surface area contributed by atoms with Crippen LogP contribution in [0.15, 0.2) is 0 Å². The van der Waals surface area contributed by atoms with Crippen molar-refractivity contribution in [2.24, 2.45) is 0 Å². The lowest BCUT2D eigenvalue weighted by Gasteiger charge is -2.55. The molecule has 0 N–H and O–H groups in total. The van der Waals surface area contributed by atoms with E-state index in [-0.39, 0.29) is 0 Å². The van der Waals surface area contributed by atoms with Gasteiger partial charge < -0.3 is 4.57 Å². The zero-order valence-corrected chi connectivity index (χ0v) is 14.8. The lowest BCUT2D eigenvalue weighted by atomic mass is 10.3. The SMILES string of the molecule is CC(C)N(C(C)C)[Si](C(C)C)(C(C)C)C(C)C. The molecular weight excluding hydrogens is 222 g/mol. The van der Waals surface area contributed by atoms with Gasteiger partial charge >= 0.3 is 0 Å².